The van der Waals surface area contributed by atoms with E-state index in [0.717, 1.165) is 18.2 Å². The van der Waals surface area contributed by atoms with Crippen LogP contribution in [0.4, 0.5) is 8.78 Å². The Morgan fingerprint density at radius 2 is 1.70 bits per heavy atom. The summed E-state index contributed by atoms with van der Waals surface area (Å²) in [7, 11) is 0. The summed E-state index contributed by atoms with van der Waals surface area (Å²) in [5.41, 5.74) is -0.263. The maximum absolute atomic E-state index is 13.6. The Labute approximate surface area is 116 Å². The smallest absolute Gasteiger partial charge is 0.256 e. The van der Waals surface area contributed by atoms with Gasteiger partial charge < -0.3 is 9.80 Å². The van der Waals surface area contributed by atoms with E-state index in [-0.39, 0.29) is 11.5 Å². The number of hydrogen-bond donors (Lipinski definition) is 0. The Morgan fingerprint density at radius 3 is 2.40 bits per heavy atom. The molecule has 1 aliphatic heterocycles. The predicted octanol–water partition coefficient (Wildman–Crippen LogP) is 1.66. The minimum Gasteiger partial charge on any atom is -0.341 e. The van der Waals surface area contributed by atoms with Gasteiger partial charge in [-0.05, 0) is 24.6 Å². The van der Waals surface area contributed by atoms with Gasteiger partial charge >= 0.3 is 0 Å². The Balaban J connectivity index is 2.13. The Morgan fingerprint density at radius 1 is 1.05 bits per heavy atom. The second kappa shape index (κ2) is 5.98. The Kier molecular flexibility index (Phi) is 4.32. The molecule has 6 heteroatoms. The third kappa shape index (κ3) is 3.12. The van der Waals surface area contributed by atoms with Gasteiger partial charge in [0.2, 0.25) is 5.91 Å². The molecule has 0 unspecified atom stereocenters. The quantitative estimate of drug-likeness (QED) is 0.786. The molecular formula is C14H16F2N2O2. The van der Waals surface area contributed by atoms with Crippen molar-refractivity contribution in [3.63, 3.8) is 0 Å². The number of halogens is 2. The lowest BCUT2D eigenvalue weighted by atomic mass is 10.1. The molecule has 2 rings (SSSR count). The van der Waals surface area contributed by atoms with Gasteiger partial charge in [-0.1, -0.05) is 0 Å². The summed E-state index contributed by atoms with van der Waals surface area (Å²) in [6.45, 7) is 3.22. The number of rotatable bonds is 1. The fourth-order valence-corrected chi connectivity index (χ4v) is 2.27. The van der Waals surface area contributed by atoms with Crippen LogP contribution >= 0.6 is 0 Å². The van der Waals surface area contributed by atoms with Crippen molar-refractivity contribution in [2.75, 3.05) is 26.2 Å². The first-order chi connectivity index (χ1) is 9.49. The highest BCUT2D eigenvalue weighted by molar-refractivity contribution is 5.94. The van der Waals surface area contributed by atoms with E-state index in [4.69, 9.17) is 0 Å². The maximum Gasteiger partial charge on any atom is 0.256 e. The minimum atomic E-state index is -0.732. The van der Waals surface area contributed by atoms with Gasteiger partial charge in [-0.15, -0.1) is 0 Å². The van der Waals surface area contributed by atoms with Crippen molar-refractivity contribution in [3.05, 3.63) is 35.4 Å². The van der Waals surface area contributed by atoms with E-state index >= 15 is 0 Å². The average Bonchev–Trinajstić information content (AvgIpc) is 2.66. The van der Waals surface area contributed by atoms with Gasteiger partial charge in [0.15, 0.2) is 0 Å². The molecule has 0 atom stereocenters. The monoisotopic (exact) mass is 282 g/mol. The molecule has 0 N–H and O–H groups in total. The molecule has 0 aromatic heterocycles. The highest BCUT2D eigenvalue weighted by Crippen LogP contribution is 2.14. The molecule has 0 bridgehead atoms. The van der Waals surface area contributed by atoms with Crippen molar-refractivity contribution in [2.24, 2.45) is 0 Å². The van der Waals surface area contributed by atoms with E-state index in [0.29, 0.717) is 32.6 Å². The van der Waals surface area contributed by atoms with Crippen LogP contribution in [0.2, 0.25) is 0 Å². The molecule has 0 aliphatic carbocycles. The summed E-state index contributed by atoms with van der Waals surface area (Å²) >= 11 is 0. The molecule has 0 radical (unpaired) electrons. The third-order valence-corrected chi connectivity index (χ3v) is 3.39. The lowest BCUT2D eigenvalue weighted by molar-refractivity contribution is -0.128. The van der Waals surface area contributed by atoms with E-state index in [2.05, 4.69) is 0 Å². The van der Waals surface area contributed by atoms with Crippen molar-refractivity contribution in [3.8, 4) is 0 Å². The fourth-order valence-electron chi connectivity index (χ4n) is 2.27. The second-order valence-corrected chi connectivity index (χ2v) is 4.78. The first-order valence-corrected chi connectivity index (χ1v) is 6.49. The molecule has 1 fully saturated rings. The van der Waals surface area contributed by atoms with E-state index in [1.165, 1.54) is 11.8 Å². The molecule has 0 spiro atoms. The van der Waals surface area contributed by atoms with Gasteiger partial charge in [0.25, 0.3) is 5.91 Å². The predicted molar refractivity (Wildman–Crippen MR) is 69.1 cm³/mol. The van der Waals surface area contributed by atoms with E-state index in [1.54, 1.807) is 4.90 Å². The normalized spacial score (nSPS) is 15.9. The second-order valence-electron chi connectivity index (χ2n) is 4.78. The minimum absolute atomic E-state index is 0.0452. The van der Waals surface area contributed by atoms with Crippen LogP contribution in [-0.2, 0) is 4.79 Å². The fraction of sp³-hybridized carbons (Fsp3) is 0.429. The molecule has 1 aromatic carbocycles. The van der Waals surface area contributed by atoms with Crippen LogP contribution in [-0.4, -0.2) is 47.8 Å². The molecule has 1 heterocycles. The van der Waals surface area contributed by atoms with Crippen LogP contribution < -0.4 is 0 Å². The van der Waals surface area contributed by atoms with Gasteiger partial charge in [-0.3, -0.25) is 9.59 Å². The van der Waals surface area contributed by atoms with Crippen LogP contribution in [0.25, 0.3) is 0 Å². The highest BCUT2D eigenvalue weighted by atomic mass is 19.1. The van der Waals surface area contributed by atoms with E-state index < -0.39 is 17.5 Å². The topological polar surface area (TPSA) is 40.6 Å². The summed E-state index contributed by atoms with van der Waals surface area (Å²) < 4.78 is 26.7. The Bertz CT molecular complexity index is 534. The summed E-state index contributed by atoms with van der Waals surface area (Å²) in [4.78, 5) is 26.6. The van der Waals surface area contributed by atoms with Crippen molar-refractivity contribution in [1.82, 2.24) is 9.80 Å². The SMILES string of the molecule is CC(=O)N1CCCN(C(=O)c2cc(F)ccc2F)CC1. The Hall–Kier alpha value is -1.98. The largest absolute Gasteiger partial charge is 0.341 e. The number of carbonyl (C=O) groups is 2. The van der Waals surface area contributed by atoms with Gasteiger partial charge in [0.05, 0.1) is 5.56 Å². The van der Waals surface area contributed by atoms with Gasteiger partial charge in [-0.25, -0.2) is 8.78 Å². The average molecular weight is 282 g/mol. The van der Waals surface area contributed by atoms with Crippen molar-refractivity contribution >= 4 is 11.8 Å². The summed E-state index contributed by atoms with van der Waals surface area (Å²) in [6, 6.07) is 2.83. The van der Waals surface area contributed by atoms with Crippen LogP contribution in [0.3, 0.4) is 0 Å². The number of carbonyl (C=O) groups excluding carboxylic acids is 2. The van der Waals surface area contributed by atoms with Crippen LogP contribution in [0, 0.1) is 11.6 Å². The van der Waals surface area contributed by atoms with Crippen LogP contribution in [0.1, 0.15) is 23.7 Å². The molecule has 1 saturated heterocycles. The number of amides is 2. The zero-order valence-corrected chi connectivity index (χ0v) is 11.2. The molecule has 2 amide bonds. The van der Waals surface area contributed by atoms with Gasteiger partial charge in [0, 0.05) is 33.1 Å². The molecule has 4 nitrogen and oxygen atoms in total. The van der Waals surface area contributed by atoms with Crippen LogP contribution in [0.15, 0.2) is 18.2 Å². The summed E-state index contributed by atoms with van der Waals surface area (Å²) in [5.74, 6) is -1.96. The van der Waals surface area contributed by atoms with Crippen molar-refractivity contribution in [1.29, 1.82) is 0 Å². The zero-order valence-electron chi connectivity index (χ0n) is 11.2. The first kappa shape index (κ1) is 14.4. The molecule has 1 aliphatic rings. The van der Waals surface area contributed by atoms with Crippen LogP contribution in [0.5, 0.6) is 0 Å². The highest BCUT2D eigenvalue weighted by Gasteiger charge is 2.23. The first-order valence-electron chi connectivity index (χ1n) is 6.49. The lowest BCUT2D eigenvalue weighted by Gasteiger charge is -2.21. The number of hydrogen-bond acceptors (Lipinski definition) is 2. The molecule has 1 aromatic rings. The third-order valence-electron chi connectivity index (χ3n) is 3.39. The van der Waals surface area contributed by atoms with Gasteiger partial charge in [0.1, 0.15) is 11.6 Å². The summed E-state index contributed by atoms with van der Waals surface area (Å²) in [6.07, 6.45) is 0.627. The van der Waals surface area contributed by atoms with Crippen molar-refractivity contribution < 1.29 is 18.4 Å². The van der Waals surface area contributed by atoms with E-state index in [9.17, 15) is 18.4 Å². The van der Waals surface area contributed by atoms with Crippen molar-refractivity contribution in [2.45, 2.75) is 13.3 Å². The molecule has 108 valence electrons. The molecule has 20 heavy (non-hydrogen) atoms. The zero-order chi connectivity index (χ0) is 14.7. The number of nitrogens with zero attached hydrogens (tertiary/aromatic N) is 2. The molecule has 0 saturated carbocycles. The van der Waals surface area contributed by atoms with Gasteiger partial charge in [-0.2, -0.15) is 0 Å². The lowest BCUT2D eigenvalue weighted by Crippen LogP contribution is -2.36. The summed E-state index contributed by atoms with van der Waals surface area (Å²) in [5, 5.41) is 0. The van der Waals surface area contributed by atoms with E-state index in [1.807, 2.05) is 0 Å². The number of benzene rings is 1. The maximum atomic E-state index is 13.6. The standard InChI is InChI=1S/C14H16F2N2O2/c1-10(19)17-5-2-6-18(8-7-17)14(20)12-9-11(15)3-4-13(12)16/h3-4,9H,2,5-8H2,1H3. The molecular weight excluding hydrogens is 266 g/mol.